The summed E-state index contributed by atoms with van der Waals surface area (Å²) in [6.45, 7) is 9.48. The van der Waals surface area contributed by atoms with E-state index < -0.39 is 6.04 Å². The van der Waals surface area contributed by atoms with Crippen LogP contribution in [0.15, 0.2) is 42.5 Å². The van der Waals surface area contributed by atoms with E-state index in [0.29, 0.717) is 5.56 Å². The molecule has 0 aliphatic carbocycles. The van der Waals surface area contributed by atoms with Gasteiger partial charge in [0, 0.05) is 5.56 Å². The van der Waals surface area contributed by atoms with Gasteiger partial charge in [0.15, 0.2) is 0 Å². The molecule has 0 heterocycles. The number of esters is 1. The van der Waals surface area contributed by atoms with Gasteiger partial charge in [-0.3, -0.25) is 9.59 Å². The molecule has 1 N–H and O–H groups in total. The number of hydrogen-bond acceptors (Lipinski definition) is 3. The van der Waals surface area contributed by atoms with Crippen molar-refractivity contribution in [3.05, 3.63) is 70.3 Å². The Morgan fingerprint density at radius 3 is 2.19 bits per heavy atom. The largest absolute Gasteiger partial charge is 0.463 e. The summed E-state index contributed by atoms with van der Waals surface area (Å²) in [6, 6.07) is 13.2. The highest BCUT2D eigenvalue weighted by Gasteiger charge is 2.21. The van der Waals surface area contributed by atoms with Crippen LogP contribution in [0.25, 0.3) is 0 Å². The van der Waals surface area contributed by atoms with Crippen molar-refractivity contribution in [1.29, 1.82) is 0 Å². The quantitative estimate of drug-likeness (QED) is 0.782. The minimum atomic E-state index is -0.436. The molecule has 1 unspecified atom stereocenters. The van der Waals surface area contributed by atoms with Crippen LogP contribution in [-0.4, -0.2) is 18.0 Å². The smallest absolute Gasteiger partial charge is 0.308 e. The molecular formula is C22H27NO3. The lowest BCUT2D eigenvalue weighted by atomic mass is 10.0. The molecule has 2 aromatic rings. The first-order valence-corrected chi connectivity index (χ1v) is 8.90. The number of carbonyl (C=O) groups is 2. The monoisotopic (exact) mass is 353 g/mol. The number of rotatable bonds is 6. The Kier molecular flexibility index (Phi) is 6.56. The van der Waals surface area contributed by atoms with E-state index >= 15 is 0 Å². The summed E-state index contributed by atoms with van der Waals surface area (Å²) in [4.78, 5) is 25.0. The maximum atomic E-state index is 12.8. The van der Waals surface area contributed by atoms with E-state index in [1.807, 2.05) is 77.1 Å². The third-order valence-corrected chi connectivity index (χ3v) is 4.16. The number of carbonyl (C=O) groups excluding carboxylic acids is 2. The van der Waals surface area contributed by atoms with Crippen molar-refractivity contribution in [2.24, 2.45) is 0 Å². The molecule has 26 heavy (non-hydrogen) atoms. The predicted octanol–water partition coefficient (Wildman–Crippen LogP) is 4.42. The Balaban J connectivity index is 2.25. The lowest BCUT2D eigenvalue weighted by molar-refractivity contribution is -0.147. The SMILES string of the molecule is Cc1ccc(C(CC(=O)OC(C)C)NC(=O)c2cc(C)ccc2C)cc1. The van der Waals surface area contributed by atoms with E-state index in [0.717, 1.165) is 22.3 Å². The van der Waals surface area contributed by atoms with Crippen molar-refractivity contribution < 1.29 is 14.3 Å². The highest BCUT2D eigenvalue weighted by atomic mass is 16.5. The molecule has 1 amide bonds. The molecule has 0 spiro atoms. The van der Waals surface area contributed by atoms with E-state index in [-0.39, 0.29) is 24.4 Å². The Labute approximate surface area is 155 Å². The summed E-state index contributed by atoms with van der Waals surface area (Å²) in [5.41, 5.74) is 4.56. The maximum absolute atomic E-state index is 12.8. The molecule has 1 atom stereocenters. The van der Waals surface area contributed by atoms with E-state index in [2.05, 4.69) is 5.32 Å². The summed E-state index contributed by atoms with van der Waals surface area (Å²) in [6.07, 6.45) is -0.0893. The molecule has 2 aromatic carbocycles. The summed E-state index contributed by atoms with van der Waals surface area (Å²) in [5, 5.41) is 3.00. The average molecular weight is 353 g/mol. The number of benzene rings is 2. The normalized spacial score (nSPS) is 11.9. The molecule has 0 saturated heterocycles. The lowest BCUT2D eigenvalue weighted by Crippen LogP contribution is -2.31. The number of nitrogens with one attached hydrogen (secondary N) is 1. The van der Waals surface area contributed by atoms with Crippen LogP contribution in [0.1, 0.15) is 58.9 Å². The van der Waals surface area contributed by atoms with E-state index in [9.17, 15) is 9.59 Å². The summed E-state index contributed by atoms with van der Waals surface area (Å²) < 4.78 is 5.27. The minimum Gasteiger partial charge on any atom is -0.463 e. The van der Waals surface area contributed by atoms with Gasteiger partial charge in [-0.05, 0) is 51.8 Å². The highest BCUT2D eigenvalue weighted by Crippen LogP contribution is 2.20. The molecule has 0 aliphatic rings. The zero-order valence-electron chi connectivity index (χ0n) is 16.1. The molecule has 0 aliphatic heterocycles. The Morgan fingerprint density at radius 2 is 1.58 bits per heavy atom. The third kappa shape index (κ3) is 5.45. The molecule has 0 bridgehead atoms. The first-order chi connectivity index (χ1) is 12.3. The first kappa shape index (κ1) is 19.7. The zero-order valence-corrected chi connectivity index (χ0v) is 16.1. The van der Waals surface area contributed by atoms with Crippen LogP contribution in [0.2, 0.25) is 0 Å². The van der Waals surface area contributed by atoms with Crippen LogP contribution in [0, 0.1) is 20.8 Å². The lowest BCUT2D eigenvalue weighted by Gasteiger charge is -2.20. The molecule has 0 saturated carbocycles. The summed E-state index contributed by atoms with van der Waals surface area (Å²) >= 11 is 0. The minimum absolute atomic E-state index is 0.0951. The molecule has 2 rings (SSSR count). The van der Waals surface area contributed by atoms with Gasteiger partial charge < -0.3 is 10.1 Å². The van der Waals surface area contributed by atoms with Crippen molar-refractivity contribution in [2.75, 3.05) is 0 Å². The Hall–Kier alpha value is -2.62. The van der Waals surface area contributed by atoms with Crippen molar-refractivity contribution in [3.8, 4) is 0 Å². The highest BCUT2D eigenvalue weighted by molar-refractivity contribution is 5.96. The van der Waals surface area contributed by atoms with Crippen molar-refractivity contribution >= 4 is 11.9 Å². The van der Waals surface area contributed by atoms with Gasteiger partial charge in [0.25, 0.3) is 5.91 Å². The van der Waals surface area contributed by atoms with Gasteiger partial charge in [-0.1, -0.05) is 47.5 Å². The number of hydrogen-bond donors (Lipinski definition) is 1. The van der Waals surface area contributed by atoms with Crippen LogP contribution in [0.3, 0.4) is 0 Å². The summed E-state index contributed by atoms with van der Waals surface area (Å²) in [5.74, 6) is -0.513. The maximum Gasteiger partial charge on any atom is 0.308 e. The van der Waals surface area contributed by atoms with Gasteiger partial charge in [0.1, 0.15) is 0 Å². The summed E-state index contributed by atoms with van der Waals surface area (Å²) in [7, 11) is 0. The van der Waals surface area contributed by atoms with Gasteiger partial charge in [-0.25, -0.2) is 0 Å². The molecule has 0 aromatic heterocycles. The average Bonchev–Trinajstić information content (AvgIpc) is 2.56. The topological polar surface area (TPSA) is 55.4 Å². The second kappa shape index (κ2) is 8.65. The second-order valence-electron chi connectivity index (χ2n) is 7.00. The predicted molar refractivity (Wildman–Crippen MR) is 103 cm³/mol. The van der Waals surface area contributed by atoms with Crippen LogP contribution < -0.4 is 5.32 Å². The fraction of sp³-hybridized carbons (Fsp3) is 0.364. The van der Waals surface area contributed by atoms with Gasteiger partial charge in [0.2, 0.25) is 0 Å². The van der Waals surface area contributed by atoms with Crippen LogP contribution in [0.5, 0.6) is 0 Å². The molecular weight excluding hydrogens is 326 g/mol. The van der Waals surface area contributed by atoms with Crippen molar-refractivity contribution in [2.45, 2.75) is 53.2 Å². The molecule has 138 valence electrons. The Morgan fingerprint density at radius 1 is 0.962 bits per heavy atom. The molecule has 4 nitrogen and oxygen atoms in total. The molecule has 0 radical (unpaired) electrons. The number of ether oxygens (including phenoxy) is 1. The van der Waals surface area contributed by atoms with E-state index in [1.165, 1.54) is 0 Å². The first-order valence-electron chi connectivity index (χ1n) is 8.90. The van der Waals surface area contributed by atoms with E-state index in [4.69, 9.17) is 4.74 Å². The fourth-order valence-corrected chi connectivity index (χ4v) is 2.75. The molecule has 0 fully saturated rings. The van der Waals surface area contributed by atoms with Crippen LogP contribution in [-0.2, 0) is 9.53 Å². The fourth-order valence-electron chi connectivity index (χ4n) is 2.75. The third-order valence-electron chi connectivity index (χ3n) is 4.16. The molecule has 4 heteroatoms. The number of aryl methyl sites for hydroxylation is 3. The van der Waals surface area contributed by atoms with E-state index in [1.54, 1.807) is 0 Å². The number of amides is 1. The Bertz CT molecular complexity index is 778. The second-order valence-corrected chi connectivity index (χ2v) is 7.00. The van der Waals surface area contributed by atoms with Crippen LogP contribution >= 0.6 is 0 Å². The van der Waals surface area contributed by atoms with Gasteiger partial charge in [-0.15, -0.1) is 0 Å². The van der Waals surface area contributed by atoms with Crippen molar-refractivity contribution in [1.82, 2.24) is 5.32 Å². The standard InChI is InChI=1S/C22H27NO3/c1-14(2)26-21(24)13-20(18-10-7-15(3)8-11-18)23-22(25)19-12-16(4)6-9-17(19)5/h6-12,14,20H,13H2,1-5H3,(H,23,25). The van der Waals surface area contributed by atoms with Crippen molar-refractivity contribution in [3.63, 3.8) is 0 Å². The van der Waals surface area contributed by atoms with Crippen LogP contribution in [0.4, 0.5) is 0 Å². The van der Waals surface area contributed by atoms with Gasteiger partial charge in [0.05, 0.1) is 18.6 Å². The van der Waals surface area contributed by atoms with Gasteiger partial charge in [-0.2, -0.15) is 0 Å². The van der Waals surface area contributed by atoms with Gasteiger partial charge >= 0.3 is 5.97 Å². The zero-order chi connectivity index (χ0) is 19.3.